The number of carbonyl (C=O) groups is 1. The van der Waals surface area contributed by atoms with E-state index in [4.69, 9.17) is 26.4 Å². The van der Waals surface area contributed by atoms with Gasteiger partial charge >= 0.3 is 0 Å². The van der Waals surface area contributed by atoms with Crippen LogP contribution in [0, 0.1) is 0 Å². The lowest BCUT2D eigenvalue weighted by Crippen LogP contribution is -2.40. The molecule has 5 rings (SSSR count). The van der Waals surface area contributed by atoms with Crippen LogP contribution in [0.2, 0.25) is 5.02 Å². The van der Waals surface area contributed by atoms with Gasteiger partial charge in [0, 0.05) is 36.1 Å². The van der Waals surface area contributed by atoms with Crippen LogP contribution in [0.5, 0.6) is 5.75 Å². The van der Waals surface area contributed by atoms with Gasteiger partial charge in [0.1, 0.15) is 5.75 Å². The van der Waals surface area contributed by atoms with E-state index in [0.29, 0.717) is 35.5 Å². The maximum atomic E-state index is 13.5. The van der Waals surface area contributed by atoms with Crippen LogP contribution in [0.15, 0.2) is 58.6 Å². The van der Waals surface area contributed by atoms with E-state index in [1.807, 2.05) is 52.0 Å². The number of pyridine rings is 1. The minimum atomic E-state index is 0.0705. The molecule has 0 aliphatic heterocycles. The summed E-state index contributed by atoms with van der Waals surface area (Å²) in [7, 11) is 1.59. The van der Waals surface area contributed by atoms with Gasteiger partial charge in [0.15, 0.2) is 11.6 Å². The molecule has 1 fully saturated rings. The second-order valence-corrected chi connectivity index (χ2v) is 11.5. The zero-order valence-electron chi connectivity index (χ0n) is 19.7. The van der Waals surface area contributed by atoms with Crippen LogP contribution in [0.4, 0.5) is 0 Å². The van der Waals surface area contributed by atoms with E-state index in [1.54, 1.807) is 19.5 Å². The fourth-order valence-corrected chi connectivity index (χ4v) is 6.18. The van der Waals surface area contributed by atoms with Gasteiger partial charge in [0.2, 0.25) is 0 Å². The number of nitrogens with zero attached hydrogens (tertiary/aromatic N) is 5. The number of carbonyl (C=O) groups excluding carboxylic acids is 1. The maximum absolute atomic E-state index is 13.5. The molecule has 10 heteroatoms. The molecule has 0 atom stereocenters. The van der Waals surface area contributed by atoms with Crippen molar-refractivity contribution in [3.05, 3.63) is 68.5 Å². The van der Waals surface area contributed by atoms with Crippen molar-refractivity contribution in [2.45, 2.75) is 38.3 Å². The molecule has 0 N–H and O–H groups in total. The van der Waals surface area contributed by atoms with Crippen LogP contribution in [-0.4, -0.2) is 50.3 Å². The molecule has 186 valence electrons. The minimum Gasteiger partial charge on any atom is -0.495 e. The van der Waals surface area contributed by atoms with Gasteiger partial charge < -0.3 is 9.64 Å². The van der Waals surface area contributed by atoms with Gasteiger partial charge in [-0.3, -0.25) is 9.78 Å². The van der Waals surface area contributed by atoms with Gasteiger partial charge in [-0.25, -0.2) is 9.67 Å². The second kappa shape index (κ2) is 11.1. The van der Waals surface area contributed by atoms with Crippen molar-refractivity contribution < 1.29 is 9.53 Å². The molecule has 1 aliphatic rings. The SMILES string of the molecule is COc1ccc(-c2nc(-c3ccncc3)nn2CCN(C(=O)c2ccc(Br)s2)C2CCCC2)cc1Cl. The lowest BCUT2D eigenvalue weighted by molar-refractivity contribution is 0.0677. The largest absolute Gasteiger partial charge is 0.495 e. The monoisotopic (exact) mass is 585 g/mol. The molecule has 4 aromatic rings. The van der Waals surface area contributed by atoms with Gasteiger partial charge in [-0.05, 0) is 71.2 Å². The summed E-state index contributed by atoms with van der Waals surface area (Å²) in [4.78, 5) is 25.2. The predicted molar refractivity (Wildman–Crippen MR) is 146 cm³/mol. The summed E-state index contributed by atoms with van der Waals surface area (Å²) in [6.45, 7) is 1.04. The van der Waals surface area contributed by atoms with E-state index < -0.39 is 0 Å². The summed E-state index contributed by atoms with van der Waals surface area (Å²) in [6, 6.07) is 13.4. The third kappa shape index (κ3) is 5.33. The summed E-state index contributed by atoms with van der Waals surface area (Å²) in [5.74, 6) is 1.95. The summed E-state index contributed by atoms with van der Waals surface area (Å²) >= 11 is 11.4. The van der Waals surface area contributed by atoms with Crippen molar-refractivity contribution in [1.82, 2.24) is 24.6 Å². The molecule has 7 nitrogen and oxygen atoms in total. The number of amides is 1. The molecule has 0 bridgehead atoms. The Hall–Kier alpha value is -2.75. The Balaban J connectivity index is 1.48. The average Bonchev–Trinajstić information content (AvgIpc) is 3.66. The zero-order chi connectivity index (χ0) is 25.1. The number of rotatable bonds is 8. The van der Waals surface area contributed by atoms with Crippen molar-refractivity contribution in [3.8, 4) is 28.5 Å². The lowest BCUT2D eigenvalue weighted by atomic mass is 10.2. The van der Waals surface area contributed by atoms with Crippen LogP contribution in [0.1, 0.15) is 35.4 Å². The number of benzene rings is 1. The molecule has 36 heavy (non-hydrogen) atoms. The topological polar surface area (TPSA) is 73.1 Å². The summed E-state index contributed by atoms with van der Waals surface area (Å²) in [5.41, 5.74) is 1.70. The number of hydrogen-bond donors (Lipinski definition) is 0. The van der Waals surface area contributed by atoms with Gasteiger partial charge in [-0.2, -0.15) is 5.10 Å². The first-order valence-electron chi connectivity index (χ1n) is 11.8. The number of thiophene rings is 1. The third-order valence-electron chi connectivity index (χ3n) is 6.38. The number of hydrogen-bond acceptors (Lipinski definition) is 6. The molecule has 0 radical (unpaired) electrons. The smallest absolute Gasteiger partial charge is 0.264 e. The fourth-order valence-electron chi connectivity index (χ4n) is 4.58. The fraction of sp³-hybridized carbons (Fsp3) is 0.308. The van der Waals surface area contributed by atoms with Crippen molar-refractivity contribution in [3.63, 3.8) is 0 Å². The lowest BCUT2D eigenvalue weighted by Gasteiger charge is -2.28. The van der Waals surface area contributed by atoms with E-state index in [1.165, 1.54) is 11.3 Å². The zero-order valence-corrected chi connectivity index (χ0v) is 22.9. The van der Waals surface area contributed by atoms with Gasteiger partial charge in [0.05, 0.1) is 27.3 Å². The summed E-state index contributed by atoms with van der Waals surface area (Å²) in [5, 5.41) is 5.33. The van der Waals surface area contributed by atoms with Crippen LogP contribution in [0.25, 0.3) is 22.8 Å². The first-order valence-corrected chi connectivity index (χ1v) is 13.8. The molecule has 0 spiro atoms. The Morgan fingerprint density at radius 2 is 1.94 bits per heavy atom. The van der Waals surface area contributed by atoms with Crippen molar-refractivity contribution in [2.24, 2.45) is 0 Å². The molecular formula is C26H25BrClN5O2S. The van der Waals surface area contributed by atoms with Crippen molar-refractivity contribution in [2.75, 3.05) is 13.7 Å². The molecule has 3 aromatic heterocycles. The van der Waals surface area contributed by atoms with E-state index >= 15 is 0 Å². The first kappa shape index (κ1) is 24.9. The molecule has 1 saturated carbocycles. The van der Waals surface area contributed by atoms with Crippen molar-refractivity contribution in [1.29, 1.82) is 0 Å². The van der Waals surface area contributed by atoms with Crippen LogP contribution in [0.3, 0.4) is 0 Å². The normalized spacial score (nSPS) is 13.8. The molecule has 0 unspecified atom stereocenters. The molecule has 1 aromatic carbocycles. The van der Waals surface area contributed by atoms with Crippen molar-refractivity contribution >= 4 is 44.8 Å². The van der Waals surface area contributed by atoms with E-state index in [9.17, 15) is 4.79 Å². The molecule has 0 saturated heterocycles. The molecule has 1 aliphatic carbocycles. The Morgan fingerprint density at radius 3 is 2.61 bits per heavy atom. The predicted octanol–water partition coefficient (Wildman–Crippen LogP) is 6.58. The van der Waals surface area contributed by atoms with Crippen LogP contribution in [-0.2, 0) is 6.54 Å². The second-order valence-electron chi connectivity index (χ2n) is 8.61. The highest BCUT2D eigenvalue weighted by molar-refractivity contribution is 9.11. The third-order valence-corrected chi connectivity index (χ3v) is 8.29. The Kier molecular flexibility index (Phi) is 7.69. The number of aromatic nitrogens is 4. The number of ether oxygens (including phenoxy) is 1. The number of halogens is 2. The summed E-state index contributed by atoms with van der Waals surface area (Å²) < 4.78 is 8.14. The Bertz CT molecular complexity index is 1350. The van der Waals surface area contributed by atoms with E-state index in [2.05, 4.69) is 20.9 Å². The minimum absolute atomic E-state index is 0.0705. The van der Waals surface area contributed by atoms with Gasteiger partial charge in [0.25, 0.3) is 5.91 Å². The Morgan fingerprint density at radius 1 is 1.17 bits per heavy atom. The van der Waals surface area contributed by atoms with Crippen LogP contribution < -0.4 is 4.74 Å². The summed E-state index contributed by atoms with van der Waals surface area (Å²) in [6.07, 6.45) is 7.79. The van der Waals surface area contributed by atoms with E-state index in [0.717, 1.165) is 45.5 Å². The highest BCUT2D eigenvalue weighted by Gasteiger charge is 2.28. The quantitative estimate of drug-likeness (QED) is 0.233. The maximum Gasteiger partial charge on any atom is 0.264 e. The number of methoxy groups -OCH3 is 1. The highest BCUT2D eigenvalue weighted by atomic mass is 79.9. The first-order chi connectivity index (χ1) is 17.5. The molecule has 3 heterocycles. The molecular weight excluding hydrogens is 562 g/mol. The average molecular weight is 587 g/mol. The molecule has 1 amide bonds. The van der Waals surface area contributed by atoms with E-state index in [-0.39, 0.29) is 11.9 Å². The standard InChI is InChI=1S/C26H25BrClN5O2S/c1-35-21-7-6-18(16-20(21)28)25-30-24(17-10-12-29-13-11-17)31-33(25)15-14-32(19-4-2-3-5-19)26(34)22-8-9-23(27)36-22/h6-13,16,19H,2-5,14-15H2,1H3. The van der Waals surface area contributed by atoms with Crippen LogP contribution >= 0.6 is 38.9 Å². The highest BCUT2D eigenvalue weighted by Crippen LogP contribution is 2.32. The Labute approximate surface area is 227 Å². The van der Waals surface area contributed by atoms with Gasteiger partial charge in [-0.15, -0.1) is 11.3 Å². The van der Waals surface area contributed by atoms with Gasteiger partial charge in [-0.1, -0.05) is 24.4 Å².